The Hall–Kier alpha value is 1.64. The predicted octanol–water partition coefficient (Wildman–Crippen LogP) is -9.73. The summed E-state index contributed by atoms with van der Waals surface area (Å²) >= 11 is 0. The van der Waals surface area contributed by atoms with E-state index in [0.717, 1.165) is 4.90 Å². The monoisotopic (exact) mass is 281 g/mol. The summed E-state index contributed by atoms with van der Waals surface area (Å²) in [5.74, 6) is -4.05. The van der Waals surface area contributed by atoms with Crippen LogP contribution in [-0.2, 0) is 14.4 Å². The van der Waals surface area contributed by atoms with Gasteiger partial charge in [0.2, 0.25) is 0 Å². The second kappa shape index (κ2) is 13.1. The SMILES string of the molecule is O=C([O-])CCN(CC(=O)[O-])CC(=O)O.[K+].[K+]. The van der Waals surface area contributed by atoms with E-state index in [-0.39, 0.29) is 109 Å². The zero-order valence-corrected chi connectivity index (χ0v) is 15.5. The second-order valence-corrected chi connectivity index (χ2v) is 2.60. The van der Waals surface area contributed by atoms with Crippen LogP contribution in [0.25, 0.3) is 0 Å². The van der Waals surface area contributed by atoms with E-state index in [1.165, 1.54) is 0 Å². The molecule has 0 aromatic rings. The summed E-state index contributed by atoms with van der Waals surface area (Å²) in [4.78, 5) is 31.3. The maximum Gasteiger partial charge on any atom is 1.00 e. The van der Waals surface area contributed by atoms with Crippen LogP contribution in [0.2, 0.25) is 0 Å². The molecule has 0 aromatic carbocycles. The van der Waals surface area contributed by atoms with Gasteiger partial charge in [0.25, 0.3) is 0 Å². The average molecular weight is 281 g/mol. The number of carbonyl (C=O) groups excluding carboxylic acids is 2. The molecule has 0 saturated carbocycles. The molecular formula is C7H9K2NO6. The fourth-order valence-corrected chi connectivity index (χ4v) is 0.837. The molecule has 1 N–H and O–H groups in total. The average Bonchev–Trinajstić information content (AvgIpc) is 1.97. The minimum atomic E-state index is -1.45. The van der Waals surface area contributed by atoms with Gasteiger partial charge in [-0.15, -0.1) is 0 Å². The zero-order chi connectivity index (χ0) is 11.1. The van der Waals surface area contributed by atoms with Gasteiger partial charge in [0.05, 0.1) is 12.5 Å². The van der Waals surface area contributed by atoms with Crippen LogP contribution in [0.5, 0.6) is 0 Å². The molecule has 0 saturated heterocycles. The summed E-state index contributed by atoms with van der Waals surface area (Å²) in [5.41, 5.74) is 0. The number of hydrogen-bond acceptors (Lipinski definition) is 6. The van der Waals surface area contributed by atoms with E-state index in [0.29, 0.717) is 0 Å². The third-order valence-corrected chi connectivity index (χ3v) is 1.34. The maximum absolute atomic E-state index is 10.2. The number of hydrogen-bond donors (Lipinski definition) is 1. The summed E-state index contributed by atoms with van der Waals surface area (Å²) in [6.45, 7) is -1.34. The molecule has 16 heavy (non-hydrogen) atoms. The van der Waals surface area contributed by atoms with Crippen molar-refractivity contribution in [2.75, 3.05) is 19.6 Å². The van der Waals surface area contributed by atoms with E-state index in [2.05, 4.69) is 0 Å². The Morgan fingerprint density at radius 3 is 1.81 bits per heavy atom. The van der Waals surface area contributed by atoms with Crippen LogP contribution in [-0.4, -0.2) is 47.5 Å². The Kier molecular flexibility index (Phi) is 18.6. The molecule has 0 rings (SSSR count). The normalized spacial score (nSPS) is 8.81. The van der Waals surface area contributed by atoms with Crippen LogP contribution in [0.15, 0.2) is 0 Å². The Morgan fingerprint density at radius 1 is 1.00 bits per heavy atom. The molecule has 0 aromatic heterocycles. The first-order valence-electron chi connectivity index (χ1n) is 3.75. The van der Waals surface area contributed by atoms with Gasteiger partial charge in [0.15, 0.2) is 0 Å². The fraction of sp³-hybridized carbons (Fsp3) is 0.571. The van der Waals surface area contributed by atoms with Crippen molar-refractivity contribution in [2.24, 2.45) is 0 Å². The molecule has 0 aliphatic rings. The van der Waals surface area contributed by atoms with E-state index in [4.69, 9.17) is 5.11 Å². The van der Waals surface area contributed by atoms with Gasteiger partial charge in [0.1, 0.15) is 0 Å². The van der Waals surface area contributed by atoms with Crippen LogP contribution in [0.1, 0.15) is 6.42 Å². The molecule has 0 spiro atoms. The van der Waals surface area contributed by atoms with Gasteiger partial charge < -0.3 is 24.9 Å². The van der Waals surface area contributed by atoms with Crippen molar-refractivity contribution in [1.29, 1.82) is 0 Å². The first-order valence-corrected chi connectivity index (χ1v) is 3.75. The number of aliphatic carboxylic acids is 3. The van der Waals surface area contributed by atoms with E-state index >= 15 is 0 Å². The standard InChI is InChI=1S/C7H11NO6.2K/c9-5(10)1-2-8(3-6(11)12)4-7(13)14;;/h1-4H2,(H,9,10)(H,11,12)(H,13,14);;/q;2*+1/p-2. The molecule has 0 radical (unpaired) electrons. The van der Waals surface area contributed by atoms with Crippen LogP contribution < -0.4 is 113 Å². The van der Waals surface area contributed by atoms with Crippen LogP contribution in [0.3, 0.4) is 0 Å². The van der Waals surface area contributed by atoms with Crippen molar-refractivity contribution in [3.05, 3.63) is 0 Å². The molecule has 0 fully saturated rings. The third-order valence-electron chi connectivity index (χ3n) is 1.34. The number of nitrogens with zero attached hydrogens (tertiary/aromatic N) is 1. The molecule has 0 bridgehead atoms. The Balaban J connectivity index is -0.000000845. The molecule has 80 valence electrons. The van der Waals surface area contributed by atoms with Crippen molar-refractivity contribution in [3.8, 4) is 0 Å². The Labute approximate surface area is 177 Å². The number of carbonyl (C=O) groups is 3. The largest absolute Gasteiger partial charge is 1.00 e. The van der Waals surface area contributed by atoms with Gasteiger partial charge in [-0.3, -0.25) is 9.69 Å². The molecule has 0 aliphatic heterocycles. The topological polar surface area (TPSA) is 121 Å². The molecule has 7 nitrogen and oxygen atoms in total. The third kappa shape index (κ3) is 15.6. The minimum Gasteiger partial charge on any atom is -0.550 e. The van der Waals surface area contributed by atoms with Crippen molar-refractivity contribution in [1.82, 2.24) is 4.90 Å². The van der Waals surface area contributed by atoms with Crippen molar-refractivity contribution >= 4 is 17.9 Å². The first-order chi connectivity index (χ1) is 6.41. The van der Waals surface area contributed by atoms with E-state index in [1.807, 2.05) is 0 Å². The molecular weight excluding hydrogens is 272 g/mol. The van der Waals surface area contributed by atoms with Gasteiger partial charge in [-0.25, -0.2) is 0 Å². The van der Waals surface area contributed by atoms with Crippen LogP contribution >= 0.6 is 0 Å². The zero-order valence-electron chi connectivity index (χ0n) is 9.26. The van der Waals surface area contributed by atoms with Crippen LogP contribution in [0.4, 0.5) is 0 Å². The quantitative estimate of drug-likeness (QED) is 0.460. The summed E-state index contributed by atoms with van der Waals surface area (Å²) < 4.78 is 0. The number of rotatable bonds is 7. The van der Waals surface area contributed by atoms with Gasteiger partial charge in [-0.05, 0) is 6.42 Å². The van der Waals surface area contributed by atoms with Crippen LogP contribution in [0, 0.1) is 0 Å². The Morgan fingerprint density at radius 2 is 1.50 bits per heavy atom. The number of carboxylic acids is 3. The smallest absolute Gasteiger partial charge is 0.550 e. The summed E-state index contributed by atoms with van der Waals surface area (Å²) in [6.07, 6.45) is -0.416. The van der Waals surface area contributed by atoms with Gasteiger partial charge in [-0.2, -0.15) is 0 Å². The summed E-state index contributed by atoms with van der Waals surface area (Å²) in [7, 11) is 0. The number of carboxylic acid groups (broad SMARTS) is 3. The van der Waals surface area contributed by atoms with Gasteiger partial charge in [0, 0.05) is 19.1 Å². The van der Waals surface area contributed by atoms with E-state index < -0.39 is 37.4 Å². The van der Waals surface area contributed by atoms with Gasteiger partial charge in [-0.1, -0.05) is 0 Å². The van der Waals surface area contributed by atoms with Crippen molar-refractivity contribution < 1.29 is 132 Å². The molecule has 0 unspecified atom stereocenters. The molecule has 0 heterocycles. The minimum absolute atomic E-state index is 0. The molecule has 0 aliphatic carbocycles. The second-order valence-electron chi connectivity index (χ2n) is 2.60. The van der Waals surface area contributed by atoms with Gasteiger partial charge >= 0.3 is 109 Å². The molecule has 9 heteroatoms. The summed E-state index contributed by atoms with van der Waals surface area (Å²) in [5, 5.41) is 28.5. The summed E-state index contributed by atoms with van der Waals surface area (Å²) in [6, 6.07) is 0. The predicted molar refractivity (Wildman–Crippen MR) is 38.7 cm³/mol. The fourth-order valence-electron chi connectivity index (χ4n) is 0.837. The molecule has 0 atom stereocenters. The Bertz CT molecular complexity index is 231. The molecule has 0 amide bonds. The van der Waals surface area contributed by atoms with Crippen molar-refractivity contribution in [2.45, 2.75) is 6.42 Å². The van der Waals surface area contributed by atoms with E-state index in [9.17, 15) is 24.6 Å². The first kappa shape index (κ1) is 22.8. The van der Waals surface area contributed by atoms with Crippen molar-refractivity contribution in [3.63, 3.8) is 0 Å². The maximum atomic E-state index is 10.2. The van der Waals surface area contributed by atoms with E-state index in [1.54, 1.807) is 0 Å².